The van der Waals surface area contributed by atoms with E-state index in [1.165, 1.54) is 5.48 Å². The maximum absolute atomic E-state index is 12.0. The Morgan fingerprint density at radius 2 is 1.90 bits per heavy atom. The van der Waals surface area contributed by atoms with E-state index in [0.717, 1.165) is 0 Å². The minimum Gasteiger partial charge on any atom is -0.813 e. The smallest absolute Gasteiger partial charge is 0.813 e. The average molecular weight is 445 g/mol. The van der Waals surface area contributed by atoms with Crippen molar-refractivity contribution in [3.63, 3.8) is 0 Å². The van der Waals surface area contributed by atoms with E-state index >= 15 is 0 Å². The molecule has 1 aromatic carbocycles. The van der Waals surface area contributed by atoms with E-state index < -0.39 is 17.7 Å². The van der Waals surface area contributed by atoms with Crippen LogP contribution in [0.4, 0.5) is 5.69 Å². The summed E-state index contributed by atoms with van der Waals surface area (Å²) < 4.78 is 0. The normalized spacial score (nSPS) is 10.9. The Bertz CT molecular complexity index is 465. The first kappa shape index (κ1) is 18.5. The number of carbonyl (C=O) groups excluding carboxylic acids is 2. The van der Waals surface area contributed by atoms with Crippen LogP contribution in [-0.2, 0) is 30.7 Å². The largest absolute Gasteiger partial charge is 2.00 e. The third-order valence-corrected chi connectivity index (χ3v) is 2.53. The van der Waals surface area contributed by atoms with Crippen LogP contribution in [0.5, 0.6) is 0 Å². The summed E-state index contributed by atoms with van der Waals surface area (Å²) in [4.78, 5) is 23.1. The van der Waals surface area contributed by atoms with Crippen molar-refractivity contribution in [3.8, 4) is 0 Å². The quantitative estimate of drug-likeness (QED) is 0.267. The maximum atomic E-state index is 12.0. The number of anilines is 1. The fraction of sp³-hybridized carbons (Fsp3) is 0.231. The summed E-state index contributed by atoms with van der Waals surface area (Å²) in [5.41, 5.74) is 1.77. The minimum absolute atomic E-state index is 0. The summed E-state index contributed by atoms with van der Waals surface area (Å²) in [7, 11) is 0. The molecule has 0 bridgehead atoms. The number of benzene rings is 1. The summed E-state index contributed by atoms with van der Waals surface area (Å²) in [5.74, 6) is -2.34. The monoisotopic (exact) mass is 445 g/mol. The maximum Gasteiger partial charge on any atom is 2.00 e. The van der Waals surface area contributed by atoms with Crippen LogP contribution >= 0.6 is 0 Å². The van der Waals surface area contributed by atoms with Gasteiger partial charge in [0, 0.05) is 18.0 Å². The zero-order valence-electron chi connectivity index (χ0n) is 10.7. The first-order valence-corrected chi connectivity index (χ1v) is 5.71. The van der Waals surface area contributed by atoms with Crippen molar-refractivity contribution in [1.82, 2.24) is 5.48 Å². The zero-order chi connectivity index (χ0) is 14.3. The number of nitrogens with one attached hydrogen (secondary N) is 2. The van der Waals surface area contributed by atoms with E-state index in [0.29, 0.717) is 5.69 Å². The molecule has 0 saturated heterocycles. The molecule has 0 aromatic heterocycles. The van der Waals surface area contributed by atoms with E-state index in [1.807, 2.05) is 0 Å². The van der Waals surface area contributed by atoms with Crippen molar-refractivity contribution in [2.24, 2.45) is 5.92 Å². The molecule has 7 heteroatoms. The molecule has 2 amide bonds. The summed E-state index contributed by atoms with van der Waals surface area (Å²) >= 11 is 0. The number of hydrogen-bond donors (Lipinski definition) is 3. The number of rotatable bonds is 6. The Kier molecular flexibility index (Phi) is 8.68. The Hall–Kier alpha value is -1.52. The Morgan fingerprint density at radius 3 is 2.40 bits per heavy atom. The second-order valence-electron chi connectivity index (χ2n) is 3.89. The Morgan fingerprint density at radius 1 is 1.30 bits per heavy atom. The molecule has 106 valence electrons. The SMILES string of the molecule is [CH2-]CC(=[N-])C(CC(=O)NO)C(=O)Nc1ccccc1.[W+2]. The minimum atomic E-state index is -1.05. The molecule has 3 N–H and O–H groups in total. The van der Waals surface area contributed by atoms with Crippen LogP contribution in [0.2, 0.25) is 0 Å². The van der Waals surface area contributed by atoms with Gasteiger partial charge < -0.3 is 17.6 Å². The molecule has 0 aliphatic heterocycles. The van der Waals surface area contributed by atoms with Gasteiger partial charge in [-0.2, -0.15) is 6.42 Å². The van der Waals surface area contributed by atoms with Gasteiger partial charge in [0.2, 0.25) is 11.8 Å². The van der Waals surface area contributed by atoms with Crippen LogP contribution in [0, 0.1) is 12.8 Å². The van der Waals surface area contributed by atoms with Crippen molar-refractivity contribution in [2.45, 2.75) is 12.8 Å². The molecular formula is C13H15N3O3W. The summed E-state index contributed by atoms with van der Waals surface area (Å²) in [6.07, 6.45) is -0.345. The molecule has 1 unspecified atom stereocenters. The predicted molar refractivity (Wildman–Crippen MR) is 71.4 cm³/mol. The standard InChI is InChI=1S/C13H15N3O3.W/c1-2-11(14)10(8-12(17)16-19)13(18)15-9-6-4-3-5-7-9;/h3-7,10,19H,1-2,8H2,(H,15,18)(H,16,17);/q-2;+2. The fourth-order valence-corrected chi connectivity index (χ4v) is 1.52. The molecule has 0 aliphatic carbocycles. The van der Waals surface area contributed by atoms with Crippen molar-refractivity contribution in [2.75, 3.05) is 5.32 Å². The van der Waals surface area contributed by atoms with Crippen LogP contribution in [-0.4, -0.2) is 22.7 Å². The van der Waals surface area contributed by atoms with Gasteiger partial charge in [-0.1, -0.05) is 18.2 Å². The van der Waals surface area contributed by atoms with Gasteiger partial charge in [-0.15, -0.1) is 0 Å². The van der Waals surface area contributed by atoms with Crippen molar-refractivity contribution in [3.05, 3.63) is 42.7 Å². The summed E-state index contributed by atoms with van der Waals surface area (Å²) in [5, 5.41) is 20.7. The fourth-order valence-electron chi connectivity index (χ4n) is 1.52. The first-order valence-electron chi connectivity index (χ1n) is 5.71. The number of carbonyl (C=O) groups is 2. The van der Waals surface area contributed by atoms with Crippen molar-refractivity contribution >= 4 is 23.2 Å². The van der Waals surface area contributed by atoms with Gasteiger partial charge in [0.1, 0.15) is 0 Å². The van der Waals surface area contributed by atoms with Gasteiger partial charge in [0.05, 0.1) is 0 Å². The zero-order valence-corrected chi connectivity index (χ0v) is 13.6. The molecule has 0 heterocycles. The molecule has 0 spiro atoms. The molecule has 0 aliphatic rings. The average Bonchev–Trinajstić information content (AvgIpc) is 2.44. The summed E-state index contributed by atoms with van der Waals surface area (Å²) in [6.45, 7) is 3.47. The molecule has 1 aromatic rings. The van der Waals surface area contributed by atoms with Crippen molar-refractivity contribution in [1.29, 1.82) is 0 Å². The summed E-state index contributed by atoms with van der Waals surface area (Å²) in [6, 6.07) is 8.66. The Balaban J connectivity index is 0.00000361. The number of amides is 2. The predicted octanol–water partition coefficient (Wildman–Crippen LogP) is 1.37. The number of nitrogens with zero attached hydrogens (tertiary/aromatic N) is 1. The van der Waals surface area contributed by atoms with Gasteiger partial charge in [-0.3, -0.25) is 14.8 Å². The van der Waals surface area contributed by atoms with E-state index in [-0.39, 0.29) is 39.6 Å². The van der Waals surface area contributed by atoms with E-state index in [4.69, 9.17) is 5.21 Å². The number of hydroxylamine groups is 1. The van der Waals surface area contributed by atoms with Crippen LogP contribution in [0.1, 0.15) is 12.8 Å². The third kappa shape index (κ3) is 5.63. The Labute approximate surface area is 131 Å². The third-order valence-electron chi connectivity index (χ3n) is 2.53. The second kappa shape index (κ2) is 9.39. The van der Waals surface area contributed by atoms with Gasteiger partial charge in [0.15, 0.2) is 0 Å². The molecule has 0 saturated carbocycles. The topological polar surface area (TPSA) is 101 Å². The molecule has 6 nitrogen and oxygen atoms in total. The molecule has 1 rings (SSSR count). The van der Waals surface area contributed by atoms with Gasteiger partial charge >= 0.3 is 21.1 Å². The van der Waals surface area contributed by atoms with Crippen LogP contribution in [0.15, 0.2) is 30.3 Å². The van der Waals surface area contributed by atoms with E-state index in [1.54, 1.807) is 30.3 Å². The van der Waals surface area contributed by atoms with E-state index in [2.05, 4.69) is 12.2 Å². The van der Waals surface area contributed by atoms with Crippen LogP contribution in [0.25, 0.3) is 5.41 Å². The first-order chi connectivity index (χ1) is 9.08. The van der Waals surface area contributed by atoms with Gasteiger partial charge in [-0.05, 0) is 12.1 Å². The second-order valence-corrected chi connectivity index (χ2v) is 3.89. The van der Waals surface area contributed by atoms with Crippen LogP contribution in [0.3, 0.4) is 0 Å². The van der Waals surface area contributed by atoms with Gasteiger partial charge in [0.25, 0.3) is 0 Å². The molecule has 1 atom stereocenters. The molecule has 20 heavy (non-hydrogen) atoms. The molecule has 0 radical (unpaired) electrons. The number of hydrogen-bond acceptors (Lipinski definition) is 3. The van der Waals surface area contributed by atoms with Gasteiger partial charge in [-0.25, -0.2) is 11.2 Å². The van der Waals surface area contributed by atoms with Crippen LogP contribution < -0.4 is 10.8 Å². The molecular weight excluding hydrogens is 430 g/mol. The van der Waals surface area contributed by atoms with Crippen molar-refractivity contribution < 1.29 is 35.9 Å². The van der Waals surface area contributed by atoms with E-state index in [9.17, 15) is 15.0 Å². The number of para-hydroxylation sites is 1. The molecule has 0 fully saturated rings.